The maximum atomic E-state index is 13.4. The summed E-state index contributed by atoms with van der Waals surface area (Å²) in [7, 11) is 1.68. The topological polar surface area (TPSA) is 52.7 Å². The molecule has 0 saturated heterocycles. The minimum atomic E-state index is -0.479. The van der Waals surface area contributed by atoms with Crippen molar-refractivity contribution in [1.29, 1.82) is 0 Å². The number of hydrogen-bond donors (Lipinski definition) is 1. The quantitative estimate of drug-likeness (QED) is 0.830. The highest BCUT2D eigenvalue weighted by Gasteiger charge is 2.15. The molecule has 0 aliphatic rings. The lowest BCUT2D eigenvalue weighted by Crippen LogP contribution is -2.41. The first kappa shape index (κ1) is 17.1. The summed E-state index contributed by atoms with van der Waals surface area (Å²) in [6, 6.07) is 5.98. The van der Waals surface area contributed by atoms with Crippen LogP contribution in [0.3, 0.4) is 0 Å². The lowest BCUT2D eigenvalue weighted by atomic mass is 10.3. The van der Waals surface area contributed by atoms with Crippen LogP contribution < -0.4 is 5.32 Å². The van der Waals surface area contributed by atoms with Crippen molar-refractivity contribution >= 4 is 17.5 Å². The maximum Gasteiger partial charge on any atom is 0.238 e. The summed E-state index contributed by atoms with van der Waals surface area (Å²) in [4.78, 5) is 27.0. The zero-order chi connectivity index (χ0) is 15.8. The molecule has 0 atom stereocenters. The van der Waals surface area contributed by atoms with Crippen LogP contribution in [0, 0.1) is 5.82 Å². The molecule has 6 heteroatoms. The molecule has 1 aromatic carbocycles. The van der Waals surface area contributed by atoms with Crippen molar-refractivity contribution in [2.24, 2.45) is 0 Å². The molecule has 1 aromatic rings. The number of benzene rings is 1. The van der Waals surface area contributed by atoms with Gasteiger partial charge in [0.2, 0.25) is 11.8 Å². The van der Waals surface area contributed by atoms with Gasteiger partial charge in [-0.05, 0) is 33.0 Å². The van der Waals surface area contributed by atoms with Gasteiger partial charge < -0.3 is 10.2 Å². The Bertz CT molecular complexity index is 490. The predicted octanol–water partition coefficient (Wildman–Crippen LogP) is 1.56. The molecule has 0 aromatic heterocycles. The number of nitrogens with zero attached hydrogens (tertiary/aromatic N) is 2. The first-order valence-electron chi connectivity index (χ1n) is 6.98. The van der Waals surface area contributed by atoms with Crippen molar-refractivity contribution in [3.63, 3.8) is 0 Å². The maximum absolute atomic E-state index is 13.4. The van der Waals surface area contributed by atoms with Gasteiger partial charge in [0.25, 0.3) is 0 Å². The van der Waals surface area contributed by atoms with Crippen molar-refractivity contribution in [3.05, 3.63) is 30.1 Å². The zero-order valence-electron chi connectivity index (χ0n) is 12.7. The molecule has 0 aliphatic carbocycles. The average Bonchev–Trinajstić information content (AvgIpc) is 2.42. The number of nitrogens with one attached hydrogen (secondary N) is 1. The van der Waals surface area contributed by atoms with Gasteiger partial charge in [-0.25, -0.2) is 4.39 Å². The molecule has 5 nitrogen and oxygen atoms in total. The van der Waals surface area contributed by atoms with Crippen molar-refractivity contribution in [2.75, 3.05) is 38.5 Å². The third-order valence-electron chi connectivity index (χ3n) is 3.08. The first-order valence-corrected chi connectivity index (χ1v) is 6.98. The Labute approximate surface area is 124 Å². The molecule has 1 N–H and O–H groups in total. The van der Waals surface area contributed by atoms with E-state index in [1.165, 1.54) is 12.1 Å². The van der Waals surface area contributed by atoms with Crippen molar-refractivity contribution in [3.8, 4) is 0 Å². The summed E-state index contributed by atoms with van der Waals surface area (Å²) >= 11 is 0. The smallest absolute Gasteiger partial charge is 0.238 e. The van der Waals surface area contributed by atoms with Crippen LogP contribution in [0.2, 0.25) is 0 Å². The fourth-order valence-corrected chi connectivity index (χ4v) is 1.96. The fraction of sp³-hybridized carbons (Fsp3) is 0.467. The molecule has 0 bridgehead atoms. The Kier molecular flexibility index (Phi) is 6.81. The van der Waals surface area contributed by atoms with Gasteiger partial charge in [-0.3, -0.25) is 14.5 Å². The molecule has 0 radical (unpaired) electrons. The van der Waals surface area contributed by atoms with Crippen LogP contribution in [0.5, 0.6) is 0 Å². The normalized spacial score (nSPS) is 10.5. The Balaban J connectivity index is 2.47. The number of carbonyl (C=O) groups excluding carboxylic acids is 2. The van der Waals surface area contributed by atoms with Gasteiger partial charge in [-0.15, -0.1) is 0 Å². The van der Waals surface area contributed by atoms with Crippen LogP contribution in [-0.2, 0) is 9.59 Å². The van der Waals surface area contributed by atoms with E-state index in [9.17, 15) is 14.0 Å². The minimum Gasteiger partial charge on any atom is -0.342 e. The van der Waals surface area contributed by atoms with Crippen LogP contribution in [-0.4, -0.2) is 54.8 Å². The van der Waals surface area contributed by atoms with Crippen molar-refractivity contribution in [2.45, 2.75) is 13.8 Å². The minimum absolute atomic E-state index is 0.0267. The SMILES string of the molecule is CCN(CC)C(=O)CN(C)CC(=O)Nc1ccccc1F. The molecule has 2 amide bonds. The van der Waals surface area contributed by atoms with E-state index in [0.29, 0.717) is 13.1 Å². The summed E-state index contributed by atoms with van der Waals surface area (Å²) in [5, 5.41) is 2.49. The molecular formula is C15H22FN3O2. The number of amides is 2. The van der Waals surface area contributed by atoms with Crippen LogP contribution in [0.4, 0.5) is 10.1 Å². The second kappa shape index (κ2) is 8.36. The molecule has 1 rings (SSSR count). The monoisotopic (exact) mass is 295 g/mol. The van der Waals surface area contributed by atoms with Gasteiger partial charge in [0.1, 0.15) is 5.82 Å². The number of halogens is 1. The highest BCUT2D eigenvalue weighted by molar-refractivity contribution is 5.92. The highest BCUT2D eigenvalue weighted by Crippen LogP contribution is 2.12. The second-order valence-electron chi connectivity index (χ2n) is 4.77. The number of para-hydroxylation sites is 1. The Morgan fingerprint density at radius 3 is 2.33 bits per heavy atom. The first-order chi connectivity index (χ1) is 9.97. The summed E-state index contributed by atoms with van der Waals surface area (Å²) < 4.78 is 13.4. The van der Waals surface area contributed by atoms with E-state index in [1.54, 1.807) is 29.0 Å². The molecule has 0 spiro atoms. The van der Waals surface area contributed by atoms with E-state index in [1.807, 2.05) is 13.8 Å². The van der Waals surface area contributed by atoms with E-state index in [-0.39, 0.29) is 30.6 Å². The fourth-order valence-electron chi connectivity index (χ4n) is 1.96. The molecular weight excluding hydrogens is 273 g/mol. The van der Waals surface area contributed by atoms with E-state index in [2.05, 4.69) is 5.32 Å². The number of anilines is 1. The number of rotatable bonds is 7. The number of carbonyl (C=O) groups is 2. The molecule has 0 saturated carbocycles. The van der Waals surface area contributed by atoms with Crippen molar-refractivity contribution < 1.29 is 14.0 Å². The molecule has 0 aliphatic heterocycles. The Morgan fingerprint density at radius 2 is 1.76 bits per heavy atom. The Hall–Kier alpha value is -1.95. The van der Waals surface area contributed by atoms with Crippen LogP contribution in [0.25, 0.3) is 0 Å². The van der Waals surface area contributed by atoms with E-state index < -0.39 is 5.82 Å². The second-order valence-corrected chi connectivity index (χ2v) is 4.77. The zero-order valence-corrected chi connectivity index (χ0v) is 12.7. The van der Waals surface area contributed by atoms with Gasteiger partial charge >= 0.3 is 0 Å². The Morgan fingerprint density at radius 1 is 1.14 bits per heavy atom. The summed E-state index contributed by atoms with van der Waals surface area (Å²) in [6.07, 6.45) is 0. The number of likely N-dealkylation sites (N-methyl/N-ethyl adjacent to an activating group) is 2. The van der Waals surface area contributed by atoms with Gasteiger partial charge in [0, 0.05) is 13.1 Å². The molecule has 0 fully saturated rings. The summed E-state index contributed by atoms with van der Waals surface area (Å²) in [5.41, 5.74) is 0.144. The lowest BCUT2D eigenvalue weighted by Gasteiger charge is -2.22. The molecule has 0 heterocycles. The standard InChI is InChI=1S/C15H22FN3O2/c1-4-19(5-2)15(21)11-18(3)10-14(20)17-13-9-7-6-8-12(13)16/h6-9H,4-5,10-11H2,1-3H3,(H,17,20). The highest BCUT2D eigenvalue weighted by atomic mass is 19.1. The van der Waals surface area contributed by atoms with Crippen LogP contribution in [0.15, 0.2) is 24.3 Å². The lowest BCUT2D eigenvalue weighted by molar-refractivity contribution is -0.132. The third-order valence-corrected chi connectivity index (χ3v) is 3.08. The van der Waals surface area contributed by atoms with E-state index in [0.717, 1.165) is 0 Å². The summed E-state index contributed by atoms with van der Waals surface area (Å²) in [5.74, 6) is -0.858. The largest absolute Gasteiger partial charge is 0.342 e. The van der Waals surface area contributed by atoms with Crippen LogP contribution in [0.1, 0.15) is 13.8 Å². The van der Waals surface area contributed by atoms with Gasteiger partial charge in [0.15, 0.2) is 0 Å². The molecule has 21 heavy (non-hydrogen) atoms. The third kappa shape index (κ3) is 5.51. The molecule has 116 valence electrons. The van der Waals surface area contributed by atoms with Gasteiger partial charge in [0.05, 0.1) is 18.8 Å². The van der Waals surface area contributed by atoms with E-state index in [4.69, 9.17) is 0 Å². The average molecular weight is 295 g/mol. The predicted molar refractivity (Wildman–Crippen MR) is 80.5 cm³/mol. The summed E-state index contributed by atoms with van der Waals surface area (Å²) in [6.45, 7) is 5.29. The van der Waals surface area contributed by atoms with Gasteiger partial charge in [-0.1, -0.05) is 12.1 Å². The number of hydrogen-bond acceptors (Lipinski definition) is 3. The van der Waals surface area contributed by atoms with Gasteiger partial charge in [-0.2, -0.15) is 0 Å². The van der Waals surface area contributed by atoms with Crippen LogP contribution >= 0.6 is 0 Å². The van der Waals surface area contributed by atoms with E-state index >= 15 is 0 Å². The molecule has 0 unspecified atom stereocenters. The van der Waals surface area contributed by atoms with Crippen molar-refractivity contribution in [1.82, 2.24) is 9.80 Å².